The summed E-state index contributed by atoms with van der Waals surface area (Å²) in [6, 6.07) is 10.8. The minimum absolute atomic E-state index is 0.322. The van der Waals surface area contributed by atoms with Crippen molar-refractivity contribution in [1.29, 1.82) is 5.26 Å². The molecule has 5 heteroatoms. The van der Waals surface area contributed by atoms with Gasteiger partial charge in [-0.15, -0.1) is 0 Å². The van der Waals surface area contributed by atoms with Crippen LogP contribution in [0.5, 0.6) is 11.5 Å². The van der Waals surface area contributed by atoms with E-state index in [1.807, 2.05) is 6.07 Å². The second-order valence-electron chi connectivity index (χ2n) is 3.73. The minimum atomic E-state index is 0.322. The normalized spacial score (nSPS) is 9.74. The van der Waals surface area contributed by atoms with Crippen molar-refractivity contribution in [3.8, 4) is 17.6 Å². The topological polar surface area (TPSA) is 55.1 Å². The molecule has 1 heterocycles. The van der Waals surface area contributed by atoms with E-state index < -0.39 is 0 Å². The first kappa shape index (κ1) is 13.2. The molecule has 0 bridgehead atoms. The Morgan fingerprint density at radius 3 is 2.84 bits per heavy atom. The van der Waals surface area contributed by atoms with Gasteiger partial charge in [-0.05, 0) is 29.8 Å². The summed E-state index contributed by atoms with van der Waals surface area (Å²) in [6.45, 7) is 0.327. The van der Waals surface area contributed by atoms with Crippen molar-refractivity contribution in [2.24, 2.45) is 0 Å². The van der Waals surface area contributed by atoms with Gasteiger partial charge in [0.2, 0.25) is 0 Å². The van der Waals surface area contributed by atoms with Crippen LogP contribution in [-0.2, 0) is 6.61 Å². The molecular formula is C14H11ClN2O2. The maximum Gasteiger partial charge on any atom is 0.171 e. The van der Waals surface area contributed by atoms with E-state index in [1.165, 1.54) is 7.11 Å². The smallest absolute Gasteiger partial charge is 0.171 e. The highest BCUT2D eigenvalue weighted by atomic mass is 35.5. The summed E-state index contributed by atoms with van der Waals surface area (Å²) in [4.78, 5) is 3.93. The van der Waals surface area contributed by atoms with E-state index in [0.717, 1.165) is 5.56 Å². The highest BCUT2D eigenvalue weighted by Crippen LogP contribution is 2.23. The molecule has 1 aromatic heterocycles. The van der Waals surface area contributed by atoms with E-state index in [0.29, 0.717) is 28.8 Å². The fraction of sp³-hybridized carbons (Fsp3) is 0.143. The number of halogens is 1. The zero-order valence-electron chi connectivity index (χ0n) is 10.3. The summed E-state index contributed by atoms with van der Waals surface area (Å²) in [7, 11) is 1.53. The molecule has 0 atom stereocenters. The quantitative estimate of drug-likeness (QED) is 0.804. The molecule has 0 amide bonds. The average molecular weight is 275 g/mol. The van der Waals surface area contributed by atoms with Gasteiger partial charge in [-0.3, -0.25) is 0 Å². The van der Waals surface area contributed by atoms with Crippen LogP contribution in [0.15, 0.2) is 36.5 Å². The number of rotatable bonds is 4. The van der Waals surface area contributed by atoms with Gasteiger partial charge in [0, 0.05) is 6.20 Å². The summed E-state index contributed by atoms with van der Waals surface area (Å²) in [5.74, 6) is 1.05. The Balaban J connectivity index is 2.13. The molecule has 0 unspecified atom stereocenters. The molecule has 0 N–H and O–H groups in total. The van der Waals surface area contributed by atoms with Gasteiger partial charge in [-0.2, -0.15) is 5.26 Å². The number of ether oxygens (including phenoxy) is 2. The number of benzene rings is 1. The number of methoxy groups -OCH3 is 1. The van der Waals surface area contributed by atoms with E-state index in [2.05, 4.69) is 11.1 Å². The zero-order chi connectivity index (χ0) is 13.7. The maximum absolute atomic E-state index is 8.90. The number of nitrogens with zero attached hydrogens (tertiary/aromatic N) is 2. The lowest BCUT2D eigenvalue weighted by Crippen LogP contribution is -1.98. The van der Waals surface area contributed by atoms with Crippen LogP contribution in [0.25, 0.3) is 0 Å². The lowest BCUT2D eigenvalue weighted by Gasteiger charge is -2.09. The largest absolute Gasteiger partial charge is 0.495 e. The molecule has 0 saturated heterocycles. The first-order valence-corrected chi connectivity index (χ1v) is 5.92. The van der Waals surface area contributed by atoms with Crippen molar-refractivity contribution in [1.82, 2.24) is 4.98 Å². The van der Waals surface area contributed by atoms with Crippen molar-refractivity contribution >= 4 is 11.6 Å². The molecule has 2 rings (SSSR count). The number of aromatic nitrogens is 1. The zero-order valence-corrected chi connectivity index (χ0v) is 11.0. The van der Waals surface area contributed by atoms with Crippen LogP contribution in [0.1, 0.15) is 11.1 Å². The molecule has 0 saturated carbocycles. The van der Waals surface area contributed by atoms with Crippen LogP contribution in [0.3, 0.4) is 0 Å². The molecule has 0 aliphatic heterocycles. The Kier molecular flexibility index (Phi) is 4.22. The third kappa shape index (κ3) is 3.15. The lowest BCUT2D eigenvalue weighted by molar-refractivity contribution is 0.304. The molecule has 2 aromatic rings. The number of hydrogen-bond donors (Lipinski definition) is 0. The average Bonchev–Trinajstić information content (AvgIpc) is 2.46. The van der Waals surface area contributed by atoms with Crippen LogP contribution in [0.2, 0.25) is 5.15 Å². The molecule has 96 valence electrons. The molecule has 0 aliphatic rings. The van der Waals surface area contributed by atoms with E-state index in [4.69, 9.17) is 26.3 Å². The fourth-order valence-corrected chi connectivity index (χ4v) is 1.73. The first-order chi connectivity index (χ1) is 9.24. The molecule has 0 fully saturated rings. The van der Waals surface area contributed by atoms with Crippen LogP contribution in [-0.4, -0.2) is 12.1 Å². The van der Waals surface area contributed by atoms with Gasteiger partial charge in [0.15, 0.2) is 10.9 Å². The summed E-state index contributed by atoms with van der Waals surface area (Å²) < 4.78 is 10.7. The monoisotopic (exact) mass is 274 g/mol. The molecule has 0 aliphatic carbocycles. The Hall–Kier alpha value is -2.25. The van der Waals surface area contributed by atoms with E-state index in [1.54, 1.807) is 30.5 Å². The Labute approximate surface area is 116 Å². The van der Waals surface area contributed by atoms with Gasteiger partial charge in [-0.1, -0.05) is 17.7 Å². The minimum Gasteiger partial charge on any atom is -0.495 e. The Bertz CT molecular complexity index is 623. The van der Waals surface area contributed by atoms with Gasteiger partial charge < -0.3 is 9.47 Å². The van der Waals surface area contributed by atoms with Gasteiger partial charge in [0.25, 0.3) is 0 Å². The van der Waals surface area contributed by atoms with Gasteiger partial charge >= 0.3 is 0 Å². The van der Waals surface area contributed by atoms with Crippen LogP contribution in [0.4, 0.5) is 0 Å². The highest BCUT2D eigenvalue weighted by Gasteiger charge is 2.06. The second kappa shape index (κ2) is 6.07. The summed E-state index contributed by atoms with van der Waals surface area (Å²) >= 11 is 5.89. The SMILES string of the molecule is COc1cc(COc2cccnc2Cl)ccc1C#N. The van der Waals surface area contributed by atoms with Crippen molar-refractivity contribution < 1.29 is 9.47 Å². The van der Waals surface area contributed by atoms with Crippen molar-refractivity contribution in [3.63, 3.8) is 0 Å². The molecule has 4 nitrogen and oxygen atoms in total. The molecule has 1 aromatic carbocycles. The summed E-state index contributed by atoms with van der Waals surface area (Å²) in [5.41, 5.74) is 1.38. The van der Waals surface area contributed by atoms with Gasteiger partial charge in [0.05, 0.1) is 12.7 Å². The number of hydrogen-bond acceptors (Lipinski definition) is 4. The van der Waals surface area contributed by atoms with Crippen molar-refractivity contribution in [3.05, 3.63) is 52.8 Å². The van der Waals surface area contributed by atoms with Crippen LogP contribution in [0, 0.1) is 11.3 Å². The standard InChI is InChI=1S/C14H11ClN2O2/c1-18-13-7-10(4-5-11(13)8-16)9-19-12-3-2-6-17-14(12)15/h2-7H,9H2,1H3. The predicted molar refractivity (Wildman–Crippen MR) is 71.3 cm³/mol. The van der Waals surface area contributed by atoms with Crippen LogP contribution < -0.4 is 9.47 Å². The van der Waals surface area contributed by atoms with Crippen LogP contribution >= 0.6 is 11.6 Å². The number of nitriles is 1. The van der Waals surface area contributed by atoms with Crippen molar-refractivity contribution in [2.75, 3.05) is 7.11 Å². The third-order valence-corrected chi connectivity index (χ3v) is 2.79. The lowest BCUT2D eigenvalue weighted by atomic mass is 10.1. The summed E-state index contributed by atoms with van der Waals surface area (Å²) in [6.07, 6.45) is 1.60. The Morgan fingerprint density at radius 2 is 2.16 bits per heavy atom. The van der Waals surface area contributed by atoms with Gasteiger partial charge in [0.1, 0.15) is 18.4 Å². The van der Waals surface area contributed by atoms with Crippen molar-refractivity contribution in [2.45, 2.75) is 6.61 Å². The second-order valence-corrected chi connectivity index (χ2v) is 4.09. The van der Waals surface area contributed by atoms with E-state index in [9.17, 15) is 0 Å². The van der Waals surface area contributed by atoms with E-state index in [-0.39, 0.29) is 0 Å². The molecule has 0 radical (unpaired) electrons. The highest BCUT2D eigenvalue weighted by molar-refractivity contribution is 6.30. The molecule has 0 spiro atoms. The molecular weight excluding hydrogens is 264 g/mol. The number of pyridine rings is 1. The first-order valence-electron chi connectivity index (χ1n) is 5.55. The fourth-order valence-electron chi connectivity index (χ4n) is 1.56. The van der Waals surface area contributed by atoms with Gasteiger partial charge in [-0.25, -0.2) is 4.98 Å². The Morgan fingerprint density at radius 1 is 1.32 bits per heavy atom. The molecule has 19 heavy (non-hydrogen) atoms. The summed E-state index contributed by atoms with van der Waals surface area (Å²) in [5, 5.41) is 9.22. The third-order valence-electron chi connectivity index (χ3n) is 2.51. The maximum atomic E-state index is 8.90. The van der Waals surface area contributed by atoms with E-state index >= 15 is 0 Å². The predicted octanol–water partition coefficient (Wildman–Crippen LogP) is 3.19.